The highest BCUT2D eigenvalue weighted by atomic mass is 16.7. The molecule has 5 nitrogen and oxygen atoms in total. The average Bonchev–Trinajstić information content (AvgIpc) is 1.87. The Hall–Kier alpha value is -1.36. The number of primary amides is 1. The molecule has 0 aliphatic rings. The molecule has 0 heterocycles. The zero-order valence-corrected chi connectivity index (χ0v) is 5.46. The summed E-state index contributed by atoms with van der Waals surface area (Å²) < 4.78 is 0. The third-order valence-electron chi connectivity index (χ3n) is 0.839. The lowest BCUT2D eigenvalue weighted by Gasteiger charge is -1.91. The molecule has 5 heteroatoms. The summed E-state index contributed by atoms with van der Waals surface area (Å²) in [5.41, 5.74) is 4.89. The number of amides is 1. The van der Waals surface area contributed by atoms with Crippen LogP contribution in [0.5, 0.6) is 0 Å². The van der Waals surface area contributed by atoms with Crippen LogP contribution in [0.1, 0.15) is 6.92 Å². The standard InChI is InChI=1S/C5H8N2O3/c1-3(5(6)9)2-4(8)10-7/h2H,7H2,1H3,(H2,6,9)/b3-2+. The number of hydrogen-bond acceptors (Lipinski definition) is 4. The van der Waals surface area contributed by atoms with Gasteiger partial charge in [0.1, 0.15) is 0 Å². The third-order valence-corrected chi connectivity index (χ3v) is 0.839. The van der Waals surface area contributed by atoms with Crippen LogP contribution in [-0.4, -0.2) is 11.9 Å². The topological polar surface area (TPSA) is 95.4 Å². The lowest BCUT2D eigenvalue weighted by Crippen LogP contribution is -2.14. The molecule has 0 aromatic rings. The highest BCUT2D eigenvalue weighted by Crippen LogP contribution is 1.89. The van der Waals surface area contributed by atoms with Gasteiger partial charge in [0.25, 0.3) is 0 Å². The first-order valence-electron chi connectivity index (χ1n) is 2.46. The third kappa shape index (κ3) is 2.83. The average molecular weight is 144 g/mol. The van der Waals surface area contributed by atoms with Crippen LogP contribution in [0.2, 0.25) is 0 Å². The van der Waals surface area contributed by atoms with Crippen LogP contribution in [0.4, 0.5) is 0 Å². The first-order valence-corrected chi connectivity index (χ1v) is 2.46. The Bertz CT molecular complexity index is 185. The van der Waals surface area contributed by atoms with Gasteiger partial charge in [-0.2, -0.15) is 5.90 Å². The van der Waals surface area contributed by atoms with E-state index in [1.165, 1.54) is 6.92 Å². The predicted octanol–water partition coefficient (Wildman–Crippen LogP) is -1.17. The summed E-state index contributed by atoms with van der Waals surface area (Å²) in [6, 6.07) is 0. The number of carbonyl (C=O) groups excluding carboxylic acids is 2. The van der Waals surface area contributed by atoms with E-state index >= 15 is 0 Å². The van der Waals surface area contributed by atoms with Crippen molar-refractivity contribution in [3.8, 4) is 0 Å². The normalized spacial score (nSPS) is 10.8. The fraction of sp³-hybridized carbons (Fsp3) is 0.200. The Morgan fingerprint density at radius 3 is 2.30 bits per heavy atom. The van der Waals surface area contributed by atoms with Gasteiger partial charge in [0.05, 0.1) is 0 Å². The van der Waals surface area contributed by atoms with Crippen LogP contribution in [0, 0.1) is 0 Å². The van der Waals surface area contributed by atoms with Gasteiger partial charge in [0.2, 0.25) is 5.91 Å². The fourth-order valence-electron chi connectivity index (χ4n) is 0.282. The Kier molecular flexibility index (Phi) is 3.13. The lowest BCUT2D eigenvalue weighted by molar-refractivity contribution is -0.138. The minimum Gasteiger partial charge on any atom is -0.370 e. The molecular weight excluding hydrogens is 136 g/mol. The van der Waals surface area contributed by atoms with Crippen molar-refractivity contribution in [2.75, 3.05) is 0 Å². The van der Waals surface area contributed by atoms with E-state index in [1.807, 2.05) is 0 Å². The molecule has 0 bridgehead atoms. The first kappa shape index (κ1) is 8.64. The molecule has 0 aromatic carbocycles. The molecule has 0 aliphatic heterocycles. The molecule has 56 valence electrons. The van der Waals surface area contributed by atoms with Gasteiger partial charge < -0.3 is 10.6 Å². The van der Waals surface area contributed by atoms with Gasteiger partial charge >= 0.3 is 5.97 Å². The van der Waals surface area contributed by atoms with Gasteiger partial charge in [-0.3, -0.25) is 4.79 Å². The summed E-state index contributed by atoms with van der Waals surface area (Å²) in [5, 5.41) is 0. The van der Waals surface area contributed by atoms with Crippen LogP contribution in [0.15, 0.2) is 11.6 Å². The van der Waals surface area contributed by atoms with Crippen molar-refractivity contribution in [3.05, 3.63) is 11.6 Å². The van der Waals surface area contributed by atoms with Crippen LogP contribution >= 0.6 is 0 Å². The first-order chi connectivity index (χ1) is 4.57. The summed E-state index contributed by atoms with van der Waals surface area (Å²) in [4.78, 5) is 24.3. The fourth-order valence-corrected chi connectivity index (χ4v) is 0.282. The Labute approximate surface area is 57.6 Å². The van der Waals surface area contributed by atoms with E-state index in [1.54, 1.807) is 0 Å². The highest BCUT2D eigenvalue weighted by molar-refractivity contribution is 5.97. The lowest BCUT2D eigenvalue weighted by atomic mass is 10.3. The van der Waals surface area contributed by atoms with Crippen LogP contribution in [0.3, 0.4) is 0 Å². The van der Waals surface area contributed by atoms with Gasteiger partial charge in [-0.1, -0.05) is 0 Å². The zero-order chi connectivity index (χ0) is 8.15. The molecule has 0 saturated carbocycles. The van der Waals surface area contributed by atoms with Crippen molar-refractivity contribution < 1.29 is 14.4 Å². The van der Waals surface area contributed by atoms with Crippen molar-refractivity contribution in [3.63, 3.8) is 0 Å². The van der Waals surface area contributed by atoms with Gasteiger partial charge in [-0.15, -0.1) is 0 Å². The molecule has 0 aliphatic carbocycles. The predicted molar refractivity (Wildman–Crippen MR) is 33.2 cm³/mol. The van der Waals surface area contributed by atoms with Crippen molar-refractivity contribution in [1.29, 1.82) is 0 Å². The Morgan fingerprint density at radius 1 is 1.50 bits per heavy atom. The maximum Gasteiger partial charge on any atom is 0.349 e. The molecule has 0 unspecified atom stereocenters. The minimum atomic E-state index is -0.795. The van der Waals surface area contributed by atoms with Crippen molar-refractivity contribution in [2.24, 2.45) is 11.6 Å². The molecule has 0 rings (SSSR count). The molecule has 0 spiro atoms. The van der Waals surface area contributed by atoms with Crippen molar-refractivity contribution in [1.82, 2.24) is 0 Å². The maximum absolute atomic E-state index is 10.3. The minimum absolute atomic E-state index is 0.107. The molecule has 0 fully saturated rings. The summed E-state index contributed by atoms with van der Waals surface area (Å²) in [6.07, 6.45) is 0.919. The summed E-state index contributed by atoms with van der Waals surface area (Å²) in [7, 11) is 0. The molecular formula is C5H8N2O3. The van der Waals surface area contributed by atoms with E-state index in [9.17, 15) is 9.59 Å². The van der Waals surface area contributed by atoms with E-state index in [0.29, 0.717) is 0 Å². The van der Waals surface area contributed by atoms with Crippen LogP contribution < -0.4 is 11.6 Å². The monoisotopic (exact) mass is 144 g/mol. The molecule has 4 N–H and O–H groups in total. The van der Waals surface area contributed by atoms with E-state index in [-0.39, 0.29) is 5.57 Å². The molecule has 10 heavy (non-hydrogen) atoms. The number of carbonyl (C=O) groups is 2. The van der Waals surface area contributed by atoms with Crippen molar-refractivity contribution in [2.45, 2.75) is 6.92 Å². The second kappa shape index (κ2) is 3.62. The summed E-state index contributed by atoms with van der Waals surface area (Å²) in [6.45, 7) is 1.39. The van der Waals surface area contributed by atoms with Gasteiger partial charge in [0.15, 0.2) is 0 Å². The smallest absolute Gasteiger partial charge is 0.349 e. The Morgan fingerprint density at radius 2 is 2.00 bits per heavy atom. The van der Waals surface area contributed by atoms with E-state index in [0.717, 1.165) is 6.08 Å². The van der Waals surface area contributed by atoms with E-state index < -0.39 is 11.9 Å². The highest BCUT2D eigenvalue weighted by Gasteiger charge is 2.00. The summed E-state index contributed by atoms with van der Waals surface area (Å²) >= 11 is 0. The summed E-state index contributed by atoms with van der Waals surface area (Å²) in [5.74, 6) is 3.00. The van der Waals surface area contributed by atoms with Gasteiger partial charge in [-0.05, 0) is 6.92 Å². The maximum atomic E-state index is 10.3. The molecule has 0 saturated heterocycles. The SMILES string of the molecule is C/C(=C\C(=O)ON)C(N)=O. The Balaban J connectivity index is 4.16. The molecule has 1 amide bonds. The van der Waals surface area contributed by atoms with Crippen LogP contribution in [-0.2, 0) is 14.4 Å². The molecule has 0 radical (unpaired) electrons. The van der Waals surface area contributed by atoms with Gasteiger partial charge in [0, 0.05) is 11.6 Å². The van der Waals surface area contributed by atoms with Crippen molar-refractivity contribution >= 4 is 11.9 Å². The molecule has 0 aromatic heterocycles. The van der Waals surface area contributed by atoms with Crippen LogP contribution in [0.25, 0.3) is 0 Å². The zero-order valence-electron chi connectivity index (χ0n) is 5.46. The molecule has 0 atom stereocenters. The van der Waals surface area contributed by atoms with Gasteiger partial charge in [-0.25, -0.2) is 4.79 Å². The largest absolute Gasteiger partial charge is 0.370 e. The number of rotatable bonds is 2. The van der Waals surface area contributed by atoms with E-state index in [2.05, 4.69) is 10.7 Å². The van der Waals surface area contributed by atoms with E-state index in [4.69, 9.17) is 5.73 Å². The second-order valence-electron chi connectivity index (χ2n) is 1.63. The number of hydrogen-bond donors (Lipinski definition) is 2. The quantitative estimate of drug-likeness (QED) is 0.377. The second-order valence-corrected chi connectivity index (χ2v) is 1.63. The number of nitrogens with two attached hydrogens (primary N) is 2.